The predicted octanol–water partition coefficient (Wildman–Crippen LogP) is 2.23. The molecule has 1 saturated heterocycles. The Balaban J connectivity index is 2.01. The van der Waals surface area contributed by atoms with Crippen molar-refractivity contribution in [2.45, 2.75) is 39.7 Å². The van der Waals surface area contributed by atoms with Crippen LogP contribution in [0.15, 0.2) is 24.3 Å². The zero-order valence-electron chi connectivity index (χ0n) is 14.8. The zero-order valence-corrected chi connectivity index (χ0v) is 14.8. The summed E-state index contributed by atoms with van der Waals surface area (Å²) in [6.07, 6.45) is 1.06. The molecule has 0 bridgehead atoms. The summed E-state index contributed by atoms with van der Waals surface area (Å²) in [4.78, 5) is 36.9. The number of nitrogens with zero attached hydrogens (tertiary/aromatic N) is 1. The first-order chi connectivity index (χ1) is 11.7. The van der Waals surface area contributed by atoms with Gasteiger partial charge in [0.15, 0.2) is 0 Å². The van der Waals surface area contributed by atoms with Crippen LogP contribution in [0.4, 0.5) is 10.5 Å². The molecular weight excluding hydrogens is 322 g/mol. The second-order valence-corrected chi connectivity index (χ2v) is 7.39. The Morgan fingerprint density at radius 3 is 2.40 bits per heavy atom. The van der Waals surface area contributed by atoms with E-state index in [1.54, 1.807) is 29.2 Å². The second kappa shape index (κ2) is 7.55. The number of carbonyl (C=O) groups is 3. The van der Waals surface area contributed by atoms with E-state index in [-0.39, 0.29) is 11.4 Å². The highest BCUT2D eigenvalue weighted by Crippen LogP contribution is 2.22. The fourth-order valence-corrected chi connectivity index (χ4v) is 2.59. The summed E-state index contributed by atoms with van der Waals surface area (Å²) in [6.45, 7) is 7.26. The maximum Gasteiger partial charge on any atom is 0.326 e. The second-order valence-electron chi connectivity index (χ2n) is 7.39. The molecule has 0 radical (unpaired) electrons. The monoisotopic (exact) mass is 347 g/mol. The van der Waals surface area contributed by atoms with E-state index in [9.17, 15) is 19.5 Å². The molecule has 1 heterocycles. The molecule has 0 aromatic heterocycles. The molecule has 1 fully saturated rings. The number of hydrogen-bond donors (Lipinski definition) is 3. The first-order valence-electron chi connectivity index (χ1n) is 8.36. The van der Waals surface area contributed by atoms with Gasteiger partial charge >= 0.3 is 12.0 Å². The van der Waals surface area contributed by atoms with Gasteiger partial charge in [-0.3, -0.25) is 9.69 Å². The maximum atomic E-state index is 12.3. The summed E-state index contributed by atoms with van der Waals surface area (Å²) in [6, 6.07) is 5.48. The summed E-state index contributed by atoms with van der Waals surface area (Å²) in [5.41, 5.74) is 1.07. The van der Waals surface area contributed by atoms with Gasteiger partial charge in [0.2, 0.25) is 0 Å². The number of carboxylic acids is 1. The van der Waals surface area contributed by atoms with Crippen LogP contribution in [0, 0.1) is 5.41 Å². The number of carbonyl (C=O) groups excluding carboxylic acids is 2. The van der Waals surface area contributed by atoms with E-state index in [1.165, 1.54) is 0 Å². The van der Waals surface area contributed by atoms with E-state index in [0.29, 0.717) is 37.2 Å². The van der Waals surface area contributed by atoms with Crippen molar-refractivity contribution < 1.29 is 19.5 Å². The minimum absolute atomic E-state index is 0.00359. The van der Waals surface area contributed by atoms with E-state index in [1.807, 2.05) is 20.8 Å². The van der Waals surface area contributed by atoms with Crippen LogP contribution in [0.3, 0.4) is 0 Å². The van der Waals surface area contributed by atoms with Crippen molar-refractivity contribution in [1.82, 2.24) is 10.6 Å². The third-order valence-corrected chi connectivity index (χ3v) is 4.08. The van der Waals surface area contributed by atoms with Crippen LogP contribution in [0.1, 0.15) is 44.0 Å². The Morgan fingerprint density at radius 1 is 1.28 bits per heavy atom. The molecule has 136 valence electrons. The summed E-state index contributed by atoms with van der Waals surface area (Å²) < 4.78 is 0. The molecule has 7 nitrogen and oxygen atoms in total. The molecular formula is C18H25N3O4. The molecule has 1 aromatic rings. The number of carboxylic acid groups (broad SMARTS) is 1. The molecule has 0 saturated carbocycles. The minimum Gasteiger partial charge on any atom is -0.480 e. The van der Waals surface area contributed by atoms with Crippen LogP contribution in [-0.2, 0) is 4.79 Å². The highest BCUT2D eigenvalue weighted by Gasteiger charge is 2.24. The van der Waals surface area contributed by atoms with Gasteiger partial charge < -0.3 is 15.7 Å². The molecule has 1 aliphatic rings. The average molecular weight is 347 g/mol. The van der Waals surface area contributed by atoms with Crippen molar-refractivity contribution in [2.75, 3.05) is 18.0 Å². The highest BCUT2D eigenvalue weighted by atomic mass is 16.4. The highest BCUT2D eigenvalue weighted by molar-refractivity contribution is 5.98. The molecule has 1 atom stereocenters. The standard InChI is InChI=1S/C18H25N3O4/c1-18(2,3)9-8-14(16(23)24)20-15(22)12-4-6-13(7-5-12)21-11-10-19-17(21)25/h4-7,14H,8-11H2,1-3H3,(H,19,25)(H,20,22)(H,23,24). The maximum absolute atomic E-state index is 12.3. The number of aliphatic carboxylic acids is 1. The van der Waals surface area contributed by atoms with Crippen LogP contribution in [0.5, 0.6) is 0 Å². The van der Waals surface area contributed by atoms with Gasteiger partial charge in [-0.1, -0.05) is 20.8 Å². The van der Waals surface area contributed by atoms with Crippen LogP contribution < -0.4 is 15.5 Å². The molecule has 25 heavy (non-hydrogen) atoms. The molecule has 1 aliphatic heterocycles. The van der Waals surface area contributed by atoms with Crippen molar-refractivity contribution in [2.24, 2.45) is 5.41 Å². The van der Waals surface area contributed by atoms with Gasteiger partial charge in [-0.15, -0.1) is 0 Å². The molecule has 7 heteroatoms. The lowest BCUT2D eigenvalue weighted by Crippen LogP contribution is -2.41. The summed E-state index contributed by atoms with van der Waals surface area (Å²) in [5.74, 6) is -1.47. The number of anilines is 1. The van der Waals surface area contributed by atoms with Gasteiger partial charge in [0.1, 0.15) is 6.04 Å². The van der Waals surface area contributed by atoms with Gasteiger partial charge in [0.05, 0.1) is 0 Å². The number of rotatable bonds is 6. The molecule has 1 unspecified atom stereocenters. The first kappa shape index (κ1) is 18.8. The van der Waals surface area contributed by atoms with Crippen molar-refractivity contribution >= 4 is 23.6 Å². The smallest absolute Gasteiger partial charge is 0.326 e. The number of hydrogen-bond acceptors (Lipinski definition) is 3. The fourth-order valence-electron chi connectivity index (χ4n) is 2.59. The largest absolute Gasteiger partial charge is 0.480 e. The Bertz CT molecular complexity index is 649. The Hall–Kier alpha value is -2.57. The van der Waals surface area contributed by atoms with Crippen molar-refractivity contribution in [1.29, 1.82) is 0 Å². The molecule has 0 aliphatic carbocycles. The number of urea groups is 1. The summed E-state index contributed by atoms with van der Waals surface area (Å²) >= 11 is 0. The van der Waals surface area contributed by atoms with Crippen molar-refractivity contribution in [3.8, 4) is 0 Å². The van der Waals surface area contributed by atoms with Crippen molar-refractivity contribution in [3.05, 3.63) is 29.8 Å². The summed E-state index contributed by atoms with van der Waals surface area (Å²) in [7, 11) is 0. The average Bonchev–Trinajstić information content (AvgIpc) is 2.96. The minimum atomic E-state index is -1.04. The van der Waals surface area contributed by atoms with Gasteiger partial charge in [0, 0.05) is 24.3 Å². The van der Waals surface area contributed by atoms with Gasteiger partial charge in [-0.25, -0.2) is 9.59 Å². The van der Waals surface area contributed by atoms with Gasteiger partial charge in [-0.05, 0) is 42.5 Å². The molecule has 1 aromatic carbocycles. The van der Waals surface area contributed by atoms with E-state index in [0.717, 1.165) is 0 Å². The fraction of sp³-hybridized carbons (Fsp3) is 0.500. The molecule has 3 amide bonds. The lowest BCUT2D eigenvalue weighted by Gasteiger charge is -2.21. The quantitative estimate of drug-likeness (QED) is 0.735. The topological polar surface area (TPSA) is 98.7 Å². The number of nitrogens with one attached hydrogen (secondary N) is 2. The van der Waals surface area contributed by atoms with Crippen LogP contribution in [0.25, 0.3) is 0 Å². The van der Waals surface area contributed by atoms with Crippen molar-refractivity contribution in [3.63, 3.8) is 0 Å². The summed E-state index contributed by atoms with van der Waals surface area (Å²) in [5, 5.41) is 14.6. The Labute approximate surface area is 147 Å². The van der Waals surface area contributed by atoms with Gasteiger partial charge in [-0.2, -0.15) is 0 Å². The zero-order chi connectivity index (χ0) is 18.6. The molecule has 2 rings (SSSR count). The van der Waals surface area contributed by atoms with Crippen LogP contribution >= 0.6 is 0 Å². The van der Waals surface area contributed by atoms with E-state index in [4.69, 9.17) is 0 Å². The number of benzene rings is 1. The third kappa shape index (κ3) is 5.20. The lowest BCUT2D eigenvalue weighted by atomic mass is 9.88. The lowest BCUT2D eigenvalue weighted by molar-refractivity contribution is -0.139. The first-order valence-corrected chi connectivity index (χ1v) is 8.36. The van der Waals surface area contributed by atoms with Gasteiger partial charge in [0.25, 0.3) is 5.91 Å². The Kier molecular flexibility index (Phi) is 5.66. The third-order valence-electron chi connectivity index (χ3n) is 4.08. The Morgan fingerprint density at radius 2 is 1.92 bits per heavy atom. The van der Waals surface area contributed by atoms with E-state index in [2.05, 4.69) is 10.6 Å². The number of amides is 3. The predicted molar refractivity (Wildman–Crippen MR) is 94.8 cm³/mol. The molecule has 0 spiro atoms. The van der Waals surface area contributed by atoms with Crippen LogP contribution in [0.2, 0.25) is 0 Å². The SMILES string of the molecule is CC(C)(C)CCC(NC(=O)c1ccc(N2CCNC2=O)cc1)C(=O)O. The normalized spacial score (nSPS) is 15.6. The molecule has 3 N–H and O–H groups in total. The van der Waals surface area contributed by atoms with E-state index >= 15 is 0 Å². The van der Waals surface area contributed by atoms with E-state index < -0.39 is 17.9 Å². The van der Waals surface area contributed by atoms with Crippen LogP contribution in [-0.4, -0.2) is 42.1 Å².